The summed E-state index contributed by atoms with van der Waals surface area (Å²) in [7, 11) is 0. The number of nitrogens with zero attached hydrogens (tertiary/aromatic N) is 2. The standard InChI is InChI=1S/C14H17BrN4S/c1-3-12-9(2)14(19-16)18-13(17-12)8-20-11-6-4-10(15)5-7-11/h4-7H,3,8,16H2,1-2H3,(H,17,18,19). The summed E-state index contributed by atoms with van der Waals surface area (Å²) >= 11 is 5.14. The number of halogens is 1. The van der Waals surface area contributed by atoms with Crippen LogP contribution in [0.2, 0.25) is 0 Å². The number of aromatic nitrogens is 2. The molecule has 0 saturated heterocycles. The van der Waals surface area contributed by atoms with Crippen LogP contribution >= 0.6 is 27.7 Å². The van der Waals surface area contributed by atoms with E-state index in [1.807, 2.05) is 19.1 Å². The highest BCUT2D eigenvalue weighted by Gasteiger charge is 2.09. The van der Waals surface area contributed by atoms with E-state index in [-0.39, 0.29) is 0 Å². The van der Waals surface area contributed by atoms with Gasteiger partial charge in [-0.15, -0.1) is 11.8 Å². The van der Waals surface area contributed by atoms with Crippen molar-refractivity contribution in [2.24, 2.45) is 5.84 Å². The minimum atomic E-state index is 0.711. The molecule has 0 bridgehead atoms. The summed E-state index contributed by atoms with van der Waals surface area (Å²) in [5.74, 6) is 7.75. The highest BCUT2D eigenvalue weighted by molar-refractivity contribution is 9.10. The number of aryl methyl sites for hydroxylation is 1. The van der Waals surface area contributed by atoms with Crippen molar-refractivity contribution >= 4 is 33.5 Å². The van der Waals surface area contributed by atoms with Crippen LogP contribution in [0.5, 0.6) is 0 Å². The van der Waals surface area contributed by atoms with Gasteiger partial charge in [0.15, 0.2) is 0 Å². The van der Waals surface area contributed by atoms with Crippen LogP contribution in [0.4, 0.5) is 5.82 Å². The number of hydrazine groups is 1. The molecule has 0 amide bonds. The fourth-order valence-corrected chi connectivity index (χ4v) is 2.86. The number of nitrogens with two attached hydrogens (primary N) is 1. The predicted molar refractivity (Wildman–Crippen MR) is 87.7 cm³/mol. The summed E-state index contributed by atoms with van der Waals surface area (Å²) in [5.41, 5.74) is 4.71. The Morgan fingerprint density at radius 1 is 1.25 bits per heavy atom. The predicted octanol–water partition coefficient (Wildman–Crippen LogP) is 3.69. The Bertz CT molecular complexity index is 561. The number of nitrogen functional groups attached to an aromatic ring is 1. The van der Waals surface area contributed by atoms with Gasteiger partial charge in [0.25, 0.3) is 0 Å². The Morgan fingerprint density at radius 2 is 1.95 bits per heavy atom. The lowest BCUT2D eigenvalue weighted by Crippen LogP contribution is -2.14. The molecular formula is C14H17BrN4S. The van der Waals surface area contributed by atoms with Crippen LogP contribution < -0.4 is 11.3 Å². The molecule has 106 valence electrons. The summed E-state index contributed by atoms with van der Waals surface area (Å²) in [4.78, 5) is 10.2. The van der Waals surface area contributed by atoms with Crippen molar-refractivity contribution in [2.45, 2.75) is 30.9 Å². The quantitative estimate of drug-likeness (QED) is 0.488. The highest BCUT2D eigenvalue weighted by atomic mass is 79.9. The monoisotopic (exact) mass is 352 g/mol. The Kier molecular flexibility index (Phi) is 5.39. The second kappa shape index (κ2) is 7.06. The van der Waals surface area contributed by atoms with Crippen molar-refractivity contribution in [3.05, 3.63) is 45.8 Å². The third-order valence-electron chi connectivity index (χ3n) is 2.95. The maximum Gasteiger partial charge on any atom is 0.146 e. The van der Waals surface area contributed by atoms with E-state index in [1.54, 1.807) is 11.8 Å². The van der Waals surface area contributed by atoms with Crippen molar-refractivity contribution in [3.8, 4) is 0 Å². The molecule has 20 heavy (non-hydrogen) atoms. The SMILES string of the molecule is CCc1nc(CSc2ccc(Br)cc2)nc(NN)c1C. The molecule has 2 rings (SSSR count). The fourth-order valence-electron chi connectivity index (χ4n) is 1.84. The van der Waals surface area contributed by atoms with E-state index in [1.165, 1.54) is 4.90 Å². The zero-order valence-corrected chi connectivity index (χ0v) is 13.9. The molecule has 4 nitrogen and oxygen atoms in total. The van der Waals surface area contributed by atoms with Gasteiger partial charge in [-0.3, -0.25) is 0 Å². The molecule has 6 heteroatoms. The normalized spacial score (nSPS) is 10.6. The van der Waals surface area contributed by atoms with Gasteiger partial charge in [0.1, 0.15) is 11.6 Å². The first-order valence-electron chi connectivity index (χ1n) is 6.35. The Labute approximate surface area is 131 Å². The van der Waals surface area contributed by atoms with E-state index < -0.39 is 0 Å². The zero-order chi connectivity index (χ0) is 14.5. The molecule has 0 radical (unpaired) electrons. The van der Waals surface area contributed by atoms with E-state index in [0.717, 1.165) is 33.7 Å². The molecule has 0 aliphatic rings. The first-order valence-corrected chi connectivity index (χ1v) is 8.13. The first-order chi connectivity index (χ1) is 9.63. The van der Waals surface area contributed by atoms with Crippen LogP contribution in [0, 0.1) is 6.92 Å². The summed E-state index contributed by atoms with van der Waals surface area (Å²) in [6.45, 7) is 4.07. The average molecular weight is 353 g/mol. The number of rotatable bonds is 5. The molecule has 0 aliphatic carbocycles. The molecular weight excluding hydrogens is 336 g/mol. The largest absolute Gasteiger partial charge is 0.308 e. The van der Waals surface area contributed by atoms with Crippen LogP contribution in [-0.4, -0.2) is 9.97 Å². The third-order valence-corrected chi connectivity index (χ3v) is 4.48. The van der Waals surface area contributed by atoms with Crippen molar-refractivity contribution in [2.75, 3.05) is 5.43 Å². The zero-order valence-electron chi connectivity index (χ0n) is 11.5. The molecule has 0 atom stereocenters. The summed E-state index contributed by atoms with van der Waals surface area (Å²) < 4.78 is 1.08. The van der Waals surface area contributed by atoms with Crippen LogP contribution in [0.15, 0.2) is 33.6 Å². The number of benzene rings is 1. The molecule has 1 heterocycles. The van der Waals surface area contributed by atoms with Crippen molar-refractivity contribution in [1.29, 1.82) is 0 Å². The lowest BCUT2D eigenvalue weighted by Gasteiger charge is -2.10. The van der Waals surface area contributed by atoms with E-state index in [0.29, 0.717) is 5.82 Å². The second-order valence-electron chi connectivity index (χ2n) is 4.30. The van der Waals surface area contributed by atoms with Crippen molar-refractivity contribution in [3.63, 3.8) is 0 Å². The molecule has 2 aromatic rings. The molecule has 0 aliphatic heterocycles. The number of thioether (sulfide) groups is 1. The maximum atomic E-state index is 5.51. The van der Waals surface area contributed by atoms with Gasteiger partial charge in [-0.2, -0.15) is 0 Å². The van der Waals surface area contributed by atoms with Gasteiger partial charge in [-0.25, -0.2) is 15.8 Å². The Balaban J connectivity index is 2.14. The van der Waals surface area contributed by atoms with Gasteiger partial charge in [0, 0.05) is 20.6 Å². The first kappa shape index (κ1) is 15.3. The molecule has 0 fully saturated rings. The molecule has 0 unspecified atom stereocenters. The van der Waals surface area contributed by atoms with Crippen LogP contribution in [0.3, 0.4) is 0 Å². The number of nitrogens with one attached hydrogen (secondary N) is 1. The second-order valence-corrected chi connectivity index (χ2v) is 6.27. The molecule has 0 saturated carbocycles. The van der Waals surface area contributed by atoms with E-state index >= 15 is 0 Å². The van der Waals surface area contributed by atoms with Gasteiger partial charge in [-0.05, 0) is 37.6 Å². The van der Waals surface area contributed by atoms with Crippen LogP contribution in [0.1, 0.15) is 24.0 Å². The lowest BCUT2D eigenvalue weighted by molar-refractivity contribution is 0.916. The maximum absolute atomic E-state index is 5.51. The lowest BCUT2D eigenvalue weighted by atomic mass is 10.2. The van der Waals surface area contributed by atoms with Crippen molar-refractivity contribution < 1.29 is 0 Å². The van der Waals surface area contributed by atoms with Crippen LogP contribution in [0.25, 0.3) is 0 Å². The fraction of sp³-hybridized carbons (Fsp3) is 0.286. The van der Waals surface area contributed by atoms with Gasteiger partial charge >= 0.3 is 0 Å². The molecule has 3 N–H and O–H groups in total. The van der Waals surface area contributed by atoms with E-state index in [4.69, 9.17) is 5.84 Å². The minimum absolute atomic E-state index is 0.711. The topological polar surface area (TPSA) is 63.8 Å². The van der Waals surface area contributed by atoms with Crippen molar-refractivity contribution in [1.82, 2.24) is 9.97 Å². The number of hydrogen-bond donors (Lipinski definition) is 2. The molecule has 1 aromatic heterocycles. The average Bonchev–Trinajstić information content (AvgIpc) is 2.47. The van der Waals surface area contributed by atoms with Gasteiger partial charge in [0.2, 0.25) is 0 Å². The summed E-state index contributed by atoms with van der Waals surface area (Å²) in [5, 5.41) is 0. The summed E-state index contributed by atoms with van der Waals surface area (Å²) in [6, 6.07) is 8.21. The number of hydrogen-bond acceptors (Lipinski definition) is 5. The third kappa shape index (κ3) is 3.71. The van der Waals surface area contributed by atoms with Gasteiger partial charge < -0.3 is 5.43 Å². The number of anilines is 1. The smallest absolute Gasteiger partial charge is 0.146 e. The van der Waals surface area contributed by atoms with E-state index in [9.17, 15) is 0 Å². The highest BCUT2D eigenvalue weighted by Crippen LogP contribution is 2.24. The van der Waals surface area contributed by atoms with Gasteiger partial charge in [0.05, 0.1) is 5.75 Å². The van der Waals surface area contributed by atoms with E-state index in [2.05, 4.69) is 50.4 Å². The van der Waals surface area contributed by atoms with Gasteiger partial charge in [-0.1, -0.05) is 22.9 Å². The summed E-state index contributed by atoms with van der Waals surface area (Å²) in [6.07, 6.45) is 0.874. The molecule has 1 aromatic carbocycles. The van der Waals surface area contributed by atoms with Crippen LogP contribution in [-0.2, 0) is 12.2 Å². The Morgan fingerprint density at radius 3 is 2.55 bits per heavy atom. The molecule has 0 spiro atoms. The Hall–Kier alpha value is -1.11. The minimum Gasteiger partial charge on any atom is -0.308 e.